The Morgan fingerprint density at radius 2 is 2.04 bits per heavy atom. The maximum absolute atomic E-state index is 12.6. The summed E-state index contributed by atoms with van der Waals surface area (Å²) in [6.45, 7) is 2.77. The van der Waals surface area contributed by atoms with Crippen LogP contribution >= 0.6 is 12.2 Å². The second-order valence-electron chi connectivity index (χ2n) is 5.38. The van der Waals surface area contributed by atoms with Gasteiger partial charge in [-0.05, 0) is 42.9 Å². The van der Waals surface area contributed by atoms with Crippen molar-refractivity contribution >= 4 is 34.1 Å². The highest BCUT2D eigenvalue weighted by Gasteiger charge is 2.15. The molecular formula is C18H18N4O2S. The highest BCUT2D eigenvalue weighted by atomic mass is 32.1. The molecule has 6 nitrogen and oxygen atoms in total. The summed E-state index contributed by atoms with van der Waals surface area (Å²) in [6, 6.07) is 12.8. The number of benzene rings is 1. The molecule has 0 aliphatic heterocycles. The van der Waals surface area contributed by atoms with Gasteiger partial charge in [0.15, 0.2) is 10.9 Å². The zero-order chi connectivity index (χ0) is 17.6. The van der Waals surface area contributed by atoms with Gasteiger partial charge in [0.2, 0.25) is 0 Å². The molecule has 0 radical (unpaired) electrons. The van der Waals surface area contributed by atoms with Crippen LogP contribution in [0.1, 0.15) is 23.7 Å². The number of aromatic nitrogens is 1. The van der Waals surface area contributed by atoms with Gasteiger partial charge in [0, 0.05) is 11.9 Å². The Labute approximate surface area is 150 Å². The van der Waals surface area contributed by atoms with E-state index in [2.05, 4.69) is 21.2 Å². The van der Waals surface area contributed by atoms with Gasteiger partial charge in [-0.25, -0.2) is 4.98 Å². The van der Waals surface area contributed by atoms with Crippen LogP contribution in [0.15, 0.2) is 53.1 Å². The van der Waals surface area contributed by atoms with Gasteiger partial charge in [0.25, 0.3) is 5.91 Å². The van der Waals surface area contributed by atoms with E-state index in [0.717, 1.165) is 18.4 Å². The molecule has 1 aromatic carbocycles. The molecule has 0 saturated carbocycles. The Morgan fingerprint density at radius 3 is 2.80 bits per heavy atom. The quantitative estimate of drug-likeness (QED) is 0.494. The largest absolute Gasteiger partial charge is 0.463 e. The SMILES string of the molecule is CCCNC(=S)NNC(=O)c1cc(-c2ccco2)nc2ccccc12. The van der Waals surface area contributed by atoms with Crippen LogP contribution in [0.25, 0.3) is 22.4 Å². The van der Waals surface area contributed by atoms with Crippen LogP contribution in [-0.2, 0) is 0 Å². The van der Waals surface area contributed by atoms with Crippen LogP contribution in [0.2, 0.25) is 0 Å². The minimum atomic E-state index is -0.299. The number of amides is 1. The van der Waals surface area contributed by atoms with Gasteiger partial charge in [-0.2, -0.15) is 0 Å². The Morgan fingerprint density at radius 1 is 1.20 bits per heavy atom. The lowest BCUT2D eigenvalue weighted by Gasteiger charge is -2.12. The molecule has 2 aromatic heterocycles. The van der Waals surface area contributed by atoms with Crippen LogP contribution in [-0.4, -0.2) is 22.5 Å². The third-order valence-electron chi connectivity index (χ3n) is 3.56. The van der Waals surface area contributed by atoms with Crippen molar-refractivity contribution in [2.45, 2.75) is 13.3 Å². The Kier molecular flexibility index (Phi) is 5.25. The third kappa shape index (κ3) is 3.95. The van der Waals surface area contributed by atoms with Crippen LogP contribution in [0, 0.1) is 0 Å². The van der Waals surface area contributed by atoms with Crippen LogP contribution in [0.4, 0.5) is 0 Å². The van der Waals surface area contributed by atoms with Crippen molar-refractivity contribution in [3.05, 3.63) is 54.3 Å². The van der Waals surface area contributed by atoms with Gasteiger partial charge in [0.1, 0.15) is 5.69 Å². The zero-order valence-electron chi connectivity index (χ0n) is 13.7. The van der Waals surface area contributed by atoms with E-state index in [1.807, 2.05) is 31.2 Å². The lowest BCUT2D eigenvalue weighted by Crippen LogP contribution is -2.47. The number of nitrogens with one attached hydrogen (secondary N) is 3. The molecular weight excluding hydrogens is 336 g/mol. The highest BCUT2D eigenvalue weighted by molar-refractivity contribution is 7.80. The summed E-state index contributed by atoms with van der Waals surface area (Å²) in [6.07, 6.45) is 2.52. The van der Waals surface area contributed by atoms with Gasteiger partial charge in [0.05, 0.1) is 17.3 Å². The molecule has 7 heteroatoms. The Bertz CT molecular complexity index is 893. The monoisotopic (exact) mass is 354 g/mol. The fourth-order valence-electron chi connectivity index (χ4n) is 2.38. The van der Waals surface area contributed by atoms with Gasteiger partial charge in [-0.3, -0.25) is 15.6 Å². The number of hydrogen-bond acceptors (Lipinski definition) is 4. The molecule has 0 bridgehead atoms. The average molecular weight is 354 g/mol. The number of furan rings is 1. The molecule has 0 aliphatic rings. The fourth-order valence-corrected chi connectivity index (χ4v) is 2.53. The van der Waals surface area contributed by atoms with E-state index in [9.17, 15) is 4.79 Å². The van der Waals surface area contributed by atoms with Gasteiger partial charge < -0.3 is 9.73 Å². The predicted molar refractivity (Wildman–Crippen MR) is 101 cm³/mol. The first-order chi connectivity index (χ1) is 12.2. The molecule has 128 valence electrons. The topological polar surface area (TPSA) is 79.2 Å². The van der Waals surface area contributed by atoms with Crippen molar-refractivity contribution < 1.29 is 9.21 Å². The summed E-state index contributed by atoms with van der Waals surface area (Å²) >= 11 is 5.11. The molecule has 3 aromatic rings. The number of fused-ring (bicyclic) bond motifs is 1. The number of thiocarbonyl (C=S) groups is 1. The molecule has 25 heavy (non-hydrogen) atoms. The first-order valence-electron chi connectivity index (χ1n) is 7.97. The third-order valence-corrected chi connectivity index (χ3v) is 3.81. The first kappa shape index (κ1) is 16.9. The van der Waals surface area contributed by atoms with Gasteiger partial charge >= 0.3 is 0 Å². The minimum Gasteiger partial charge on any atom is -0.463 e. The number of rotatable bonds is 4. The summed E-state index contributed by atoms with van der Waals surface area (Å²) in [5.41, 5.74) is 7.14. The van der Waals surface area contributed by atoms with Crippen molar-refractivity contribution in [3.8, 4) is 11.5 Å². The van der Waals surface area contributed by atoms with Crippen LogP contribution in [0.5, 0.6) is 0 Å². The molecule has 0 spiro atoms. The number of carbonyl (C=O) groups excluding carboxylic acids is 1. The van der Waals surface area contributed by atoms with E-state index in [1.165, 1.54) is 0 Å². The molecule has 0 unspecified atom stereocenters. The van der Waals surface area contributed by atoms with E-state index in [-0.39, 0.29) is 5.91 Å². The van der Waals surface area contributed by atoms with E-state index in [4.69, 9.17) is 16.6 Å². The van der Waals surface area contributed by atoms with E-state index >= 15 is 0 Å². The van der Waals surface area contributed by atoms with Gasteiger partial charge in [-0.1, -0.05) is 25.1 Å². The molecule has 2 heterocycles. The molecule has 0 fully saturated rings. The number of carbonyl (C=O) groups is 1. The summed E-state index contributed by atoms with van der Waals surface area (Å²) in [7, 11) is 0. The molecule has 0 saturated heterocycles. The average Bonchev–Trinajstić information content (AvgIpc) is 3.18. The van der Waals surface area contributed by atoms with Crippen molar-refractivity contribution in [3.63, 3.8) is 0 Å². The highest BCUT2D eigenvalue weighted by Crippen LogP contribution is 2.25. The second kappa shape index (κ2) is 7.76. The Hall–Kier alpha value is -2.93. The second-order valence-corrected chi connectivity index (χ2v) is 5.79. The normalized spacial score (nSPS) is 10.4. The van der Waals surface area contributed by atoms with Crippen molar-refractivity contribution in [2.75, 3.05) is 6.54 Å². The number of hydrazine groups is 1. The minimum absolute atomic E-state index is 0.299. The van der Waals surface area contributed by atoms with Crippen molar-refractivity contribution in [1.82, 2.24) is 21.2 Å². The summed E-state index contributed by atoms with van der Waals surface area (Å²) < 4.78 is 5.41. The van der Waals surface area contributed by atoms with Gasteiger partial charge in [-0.15, -0.1) is 0 Å². The first-order valence-corrected chi connectivity index (χ1v) is 8.37. The van der Waals surface area contributed by atoms with E-state index in [1.54, 1.807) is 24.5 Å². The molecule has 3 rings (SSSR count). The maximum Gasteiger partial charge on any atom is 0.270 e. The standard InChI is InChI=1S/C18H18N4O2S/c1-2-9-19-18(25)22-21-17(23)13-11-15(16-8-5-10-24-16)20-14-7-4-3-6-12(13)14/h3-8,10-11H,2,9H2,1H3,(H,21,23)(H2,19,22,25). The van der Waals surface area contributed by atoms with Crippen molar-refractivity contribution in [2.24, 2.45) is 0 Å². The predicted octanol–water partition coefficient (Wildman–Crippen LogP) is 3.01. The lowest BCUT2D eigenvalue weighted by molar-refractivity contribution is 0.0945. The van der Waals surface area contributed by atoms with Crippen molar-refractivity contribution in [1.29, 1.82) is 0 Å². The molecule has 0 atom stereocenters. The maximum atomic E-state index is 12.6. The summed E-state index contributed by atoms with van der Waals surface area (Å²) in [5, 5.41) is 4.12. The lowest BCUT2D eigenvalue weighted by atomic mass is 10.1. The molecule has 1 amide bonds. The zero-order valence-corrected chi connectivity index (χ0v) is 14.5. The number of nitrogens with zero attached hydrogens (tertiary/aromatic N) is 1. The molecule has 0 aliphatic carbocycles. The molecule has 3 N–H and O–H groups in total. The van der Waals surface area contributed by atoms with Crippen LogP contribution < -0.4 is 16.2 Å². The summed E-state index contributed by atoms with van der Waals surface area (Å²) in [4.78, 5) is 17.2. The van der Waals surface area contributed by atoms with E-state index in [0.29, 0.717) is 27.6 Å². The Balaban J connectivity index is 1.89. The smallest absolute Gasteiger partial charge is 0.270 e. The number of hydrogen-bond donors (Lipinski definition) is 3. The summed E-state index contributed by atoms with van der Waals surface area (Å²) in [5.74, 6) is 0.306. The number of para-hydroxylation sites is 1. The fraction of sp³-hybridized carbons (Fsp3) is 0.167. The van der Waals surface area contributed by atoms with Crippen LogP contribution in [0.3, 0.4) is 0 Å². The van der Waals surface area contributed by atoms with E-state index < -0.39 is 0 Å². The number of pyridine rings is 1.